The molecule has 0 radical (unpaired) electrons. The summed E-state index contributed by atoms with van der Waals surface area (Å²) in [5.41, 5.74) is 1.11. The third kappa shape index (κ3) is 4.38. The second-order valence-electron chi connectivity index (χ2n) is 7.59. The molecular formula is C24H23N5O4. The van der Waals surface area contributed by atoms with Crippen LogP contribution in [0.3, 0.4) is 0 Å². The van der Waals surface area contributed by atoms with Gasteiger partial charge in [0.25, 0.3) is 11.5 Å². The van der Waals surface area contributed by atoms with Gasteiger partial charge >= 0.3 is 5.97 Å². The van der Waals surface area contributed by atoms with Crippen LogP contribution in [0, 0.1) is 5.41 Å². The van der Waals surface area contributed by atoms with Crippen molar-refractivity contribution in [3.05, 3.63) is 87.8 Å². The van der Waals surface area contributed by atoms with E-state index in [1.54, 1.807) is 24.4 Å². The van der Waals surface area contributed by atoms with Crippen LogP contribution in [0.4, 0.5) is 0 Å². The van der Waals surface area contributed by atoms with Gasteiger partial charge in [0.2, 0.25) is 0 Å². The Hall–Kier alpha value is -4.27. The SMILES string of the molecule is CC(=O)OCCn1c(=N)c(C(=O)N[C@@H](C)c2ccccc2)cc2c(=O)n3ccccc3nc21. The molecule has 0 aliphatic carbocycles. The summed E-state index contributed by atoms with van der Waals surface area (Å²) in [6.45, 7) is 3.18. The highest BCUT2D eigenvalue weighted by molar-refractivity contribution is 5.97. The molecule has 3 heterocycles. The Bertz CT molecular complexity index is 1470. The fourth-order valence-corrected chi connectivity index (χ4v) is 3.66. The molecule has 0 fully saturated rings. The minimum absolute atomic E-state index is 0.0255. The summed E-state index contributed by atoms with van der Waals surface area (Å²) in [5, 5.41) is 11.8. The lowest BCUT2D eigenvalue weighted by Crippen LogP contribution is -2.36. The van der Waals surface area contributed by atoms with Crippen LogP contribution in [0.2, 0.25) is 0 Å². The largest absolute Gasteiger partial charge is 0.464 e. The smallest absolute Gasteiger partial charge is 0.302 e. The summed E-state index contributed by atoms with van der Waals surface area (Å²) in [6, 6.07) is 15.7. The topological polar surface area (TPSA) is 119 Å². The summed E-state index contributed by atoms with van der Waals surface area (Å²) >= 11 is 0. The first kappa shape index (κ1) is 21.9. The van der Waals surface area contributed by atoms with Crippen molar-refractivity contribution in [2.75, 3.05) is 6.61 Å². The number of amides is 1. The van der Waals surface area contributed by atoms with Crippen molar-refractivity contribution in [3.63, 3.8) is 0 Å². The number of carbonyl (C=O) groups is 2. The number of aromatic nitrogens is 3. The van der Waals surface area contributed by atoms with E-state index in [-0.39, 0.29) is 46.8 Å². The average molecular weight is 445 g/mol. The van der Waals surface area contributed by atoms with E-state index >= 15 is 0 Å². The molecule has 1 aromatic carbocycles. The molecule has 9 nitrogen and oxygen atoms in total. The average Bonchev–Trinajstić information content (AvgIpc) is 2.81. The molecule has 168 valence electrons. The number of esters is 1. The molecule has 33 heavy (non-hydrogen) atoms. The molecule has 4 rings (SSSR count). The Morgan fingerprint density at radius 3 is 2.61 bits per heavy atom. The van der Waals surface area contributed by atoms with E-state index in [1.165, 1.54) is 22.0 Å². The molecule has 0 aliphatic rings. The standard InChI is InChI=1S/C24H23N5O4/c1-15(17-8-4-3-5-9-17)26-23(31)18-14-19-22(29(21(18)25)12-13-33-16(2)30)27-20-10-6-7-11-28(20)24(19)32/h3-11,14-15,25H,12-13H2,1-2H3,(H,26,31)/t15-/m0/s1. The van der Waals surface area contributed by atoms with Gasteiger partial charge in [-0.05, 0) is 30.7 Å². The Labute approximate surface area is 188 Å². The normalized spacial score (nSPS) is 11.9. The number of nitrogens with one attached hydrogen (secondary N) is 2. The summed E-state index contributed by atoms with van der Waals surface area (Å²) in [5.74, 6) is -0.951. The van der Waals surface area contributed by atoms with Crippen LogP contribution in [-0.2, 0) is 16.1 Å². The molecule has 0 unspecified atom stereocenters. The van der Waals surface area contributed by atoms with Gasteiger partial charge in [-0.15, -0.1) is 0 Å². The maximum absolute atomic E-state index is 13.2. The summed E-state index contributed by atoms with van der Waals surface area (Å²) in [4.78, 5) is 42.1. The zero-order valence-corrected chi connectivity index (χ0v) is 18.2. The molecule has 1 amide bonds. The lowest BCUT2D eigenvalue weighted by Gasteiger charge is -2.17. The predicted octanol–water partition coefficient (Wildman–Crippen LogP) is 2.18. The van der Waals surface area contributed by atoms with Gasteiger partial charge in [-0.25, -0.2) is 4.98 Å². The molecule has 1 atom stereocenters. The molecule has 2 N–H and O–H groups in total. The van der Waals surface area contributed by atoms with Gasteiger partial charge in [0.15, 0.2) is 0 Å². The highest BCUT2D eigenvalue weighted by atomic mass is 16.5. The number of benzene rings is 1. The van der Waals surface area contributed by atoms with Crippen LogP contribution in [0.25, 0.3) is 16.7 Å². The van der Waals surface area contributed by atoms with Crippen LogP contribution in [0.5, 0.6) is 0 Å². The van der Waals surface area contributed by atoms with Crippen LogP contribution >= 0.6 is 0 Å². The molecule has 0 spiro atoms. The first-order valence-electron chi connectivity index (χ1n) is 10.5. The minimum atomic E-state index is -0.489. The number of fused-ring (bicyclic) bond motifs is 2. The molecule has 0 bridgehead atoms. The van der Waals surface area contributed by atoms with Crippen molar-refractivity contribution in [2.45, 2.75) is 26.4 Å². The van der Waals surface area contributed by atoms with Crippen LogP contribution in [0.1, 0.15) is 35.8 Å². The summed E-state index contributed by atoms with van der Waals surface area (Å²) < 4.78 is 7.85. The van der Waals surface area contributed by atoms with Gasteiger partial charge in [0.1, 0.15) is 23.4 Å². The van der Waals surface area contributed by atoms with Crippen molar-refractivity contribution in [1.29, 1.82) is 5.41 Å². The molecule has 4 aromatic rings. The number of hydrogen-bond donors (Lipinski definition) is 2. The van der Waals surface area contributed by atoms with Gasteiger partial charge in [-0.3, -0.25) is 24.2 Å². The second-order valence-corrected chi connectivity index (χ2v) is 7.59. The zero-order valence-electron chi connectivity index (χ0n) is 18.2. The third-order valence-corrected chi connectivity index (χ3v) is 5.33. The Morgan fingerprint density at radius 1 is 1.15 bits per heavy atom. The molecule has 0 aliphatic heterocycles. The maximum atomic E-state index is 13.2. The second kappa shape index (κ2) is 9.07. The lowest BCUT2D eigenvalue weighted by atomic mass is 10.1. The highest BCUT2D eigenvalue weighted by Gasteiger charge is 2.19. The van der Waals surface area contributed by atoms with Crippen LogP contribution in [-0.4, -0.2) is 32.4 Å². The quantitative estimate of drug-likeness (QED) is 0.348. The summed E-state index contributed by atoms with van der Waals surface area (Å²) in [7, 11) is 0. The van der Waals surface area contributed by atoms with Crippen LogP contribution < -0.4 is 16.4 Å². The van der Waals surface area contributed by atoms with E-state index in [4.69, 9.17) is 10.1 Å². The zero-order chi connectivity index (χ0) is 23.5. The minimum Gasteiger partial charge on any atom is -0.464 e. The number of hydrogen-bond acceptors (Lipinski definition) is 6. The number of nitrogens with zero attached hydrogens (tertiary/aromatic N) is 3. The molecule has 3 aromatic heterocycles. The molecule has 0 saturated heterocycles. The van der Waals surface area contributed by atoms with E-state index in [2.05, 4.69) is 10.3 Å². The highest BCUT2D eigenvalue weighted by Crippen LogP contribution is 2.14. The van der Waals surface area contributed by atoms with Gasteiger partial charge in [0, 0.05) is 13.1 Å². The van der Waals surface area contributed by atoms with Crippen molar-refractivity contribution in [2.24, 2.45) is 0 Å². The maximum Gasteiger partial charge on any atom is 0.302 e. The molecule has 0 saturated carbocycles. The number of pyridine rings is 2. The molecule has 9 heteroatoms. The fourth-order valence-electron chi connectivity index (χ4n) is 3.66. The third-order valence-electron chi connectivity index (χ3n) is 5.33. The Balaban J connectivity index is 1.84. The van der Waals surface area contributed by atoms with E-state index in [9.17, 15) is 14.4 Å². The lowest BCUT2D eigenvalue weighted by molar-refractivity contribution is -0.141. The van der Waals surface area contributed by atoms with E-state index in [1.807, 2.05) is 37.3 Å². The van der Waals surface area contributed by atoms with Gasteiger partial charge in [0.05, 0.1) is 23.5 Å². The van der Waals surface area contributed by atoms with E-state index in [0.29, 0.717) is 5.65 Å². The van der Waals surface area contributed by atoms with E-state index in [0.717, 1.165) is 5.56 Å². The first-order valence-corrected chi connectivity index (χ1v) is 10.5. The monoisotopic (exact) mass is 445 g/mol. The van der Waals surface area contributed by atoms with Crippen molar-refractivity contribution in [1.82, 2.24) is 19.3 Å². The predicted molar refractivity (Wildman–Crippen MR) is 122 cm³/mol. The Kier molecular flexibility index (Phi) is 6.03. The van der Waals surface area contributed by atoms with Gasteiger partial charge < -0.3 is 14.6 Å². The molecular weight excluding hydrogens is 422 g/mol. The number of ether oxygens (including phenoxy) is 1. The number of rotatable bonds is 6. The van der Waals surface area contributed by atoms with Crippen molar-refractivity contribution < 1.29 is 14.3 Å². The number of carbonyl (C=O) groups excluding carboxylic acids is 2. The van der Waals surface area contributed by atoms with Crippen molar-refractivity contribution >= 4 is 28.6 Å². The van der Waals surface area contributed by atoms with Crippen molar-refractivity contribution in [3.8, 4) is 0 Å². The first-order chi connectivity index (χ1) is 15.9. The summed E-state index contributed by atoms with van der Waals surface area (Å²) in [6.07, 6.45) is 1.60. The Morgan fingerprint density at radius 2 is 1.88 bits per heavy atom. The van der Waals surface area contributed by atoms with Gasteiger partial charge in [-0.1, -0.05) is 36.4 Å². The van der Waals surface area contributed by atoms with E-state index < -0.39 is 11.9 Å². The van der Waals surface area contributed by atoms with Gasteiger partial charge in [-0.2, -0.15) is 0 Å². The van der Waals surface area contributed by atoms with Crippen LogP contribution in [0.15, 0.2) is 65.6 Å². The fraction of sp³-hybridized carbons (Fsp3) is 0.208.